The van der Waals surface area contributed by atoms with Crippen LogP contribution in [0.4, 0.5) is 11.4 Å². The van der Waals surface area contributed by atoms with Crippen LogP contribution in [0, 0.1) is 5.92 Å². The van der Waals surface area contributed by atoms with Gasteiger partial charge in [-0.3, -0.25) is 0 Å². The summed E-state index contributed by atoms with van der Waals surface area (Å²) in [4.78, 5) is 0. The molecular formula is C12H20N2. The highest BCUT2D eigenvalue weighted by atomic mass is 14.9. The predicted molar refractivity (Wildman–Crippen MR) is 63.6 cm³/mol. The maximum absolute atomic E-state index is 5.92. The molecule has 0 saturated carbocycles. The van der Waals surface area contributed by atoms with Gasteiger partial charge in [0.2, 0.25) is 0 Å². The summed E-state index contributed by atoms with van der Waals surface area (Å²) in [5.74, 6) is 0.639. The van der Waals surface area contributed by atoms with Crippen LogP contribution in [0.1, 0.15) is 26.3 Å². The lowest BCUT2D eigenvalue weighted by Gasteiger charge is -2.12. The molecule has 0 unspecified atom stereocenters. The van der Waals surface area contributed by atoms with Crippen LogP contribution >= 0.6 is 0 Å². The van der Waals surface area contributed by atoms with Crippen molar-refractivity contribution in [2.45, 2.75) is 27.2 Å². The Morgan fingerprint density at radius 3 is 2.57 bits per heavy atom. The number of benzene rings is 1. The minimum Gasteiger partial charge on any atom is -0.397 e. The van der Waals surface area contributed by atoms with E-state index in [-0.39, 0.29) is 0 Å². The molecule has 2 nitrogen and oxygen atoms in total. The third-order valence-corrected chi connectivity index (χ3v) is 2.22. The third-order valence-electron chi connectivity index (χ3n) is 2.22. The highest BCUT2D eigenvalue weighted by Gasteiger charge is 2.00. The summed E-state index contributed by atoms with van der Waals surface area (Å²) in [5, 5.41) is 3.34. The van der Waals surface area contributed by atoms with Crippen molar-refractivity contribution >= 4 is 11.4 Å². The van der Waals surface area contributed by atoms with Gasteiger partial charge in [0.05, 0.1) is 11.4 Å². The number of rotatable bonds is 4. The Morgan fingerprint density at radius 1 is 1.36 bits per heavy atom. The van der Waals surface area contributed by atoms with Crippen molar-refractivity contribution in [2.24, 2.45) is 5.92 Å². The molecule has 0 amide bonds. The van der Waals surface area contributed by atoms with Crippen molar-refractivity contribution in [1.82, 2.24) is 0 Å². The molecule has 0 aromatic heterocycles. The van der Waals surface area contributed by atoms with E-state index < -0.39 is 0 Å². The number of nitrogens with one attached hydrogen (secondary N) is 1. The molecule has 1 aromatic carbocycles. The van der Waals surface area contributed by atoms with Gasteiger partial charge in [0.25, 0.3) is 0 Å². The SMILES string of the molecule is CCc1ccc(NCC(C)C)c(N)c1. The number of nitrogens with two attached hydrogens (primary N) is 1. The minimum atomic E-state index is 0.639. The molecule has 1 rings (SSSR count). The molecule has 78 valence electrons. The van der Waals surface area contributed by atoms with Crippen molar-refractivity contribution in [3.63, 3.8) is 0 Å². The molecule has 1 aromatic rings. The molecule has 0 spiro atoms. The smallest absolute Gasteiger partial charge is 0.0574 e. The van der Waals surface area contributed by atoms with Gasteiger partial charge in [-0.25, -0.2) is 0 Å². The van der Waals surface area contributed by atoms with Crippen LogP contribution in [0.5, 0.6) is 0 Å². The summed E-state index contributed by atoms with van der Waals surface area (Å²) < 4.78 is 0. The second kappa shape index (κ2) is 4.89. The predicted octanol–water partition coefficient (Wildman–Crippen LogP) is 2.90. The van der Waals surface area contributed by atoms with E-state index in [0.29, 0.717) is 5.92 Å². The van der Waals surface area contributed by atoms with Crippen LogP contribution in [0.25, 0.3) is 0 Å². The highest BCUT2D eigenvalue weighted by Crippen LogP contribution is 2.20. The number of aryl methyl sites for hydroxylation is 1. The fraction of sp³-hybridized carbons (Fsp3) is 0.500. The Labute approximate surface area is 86.5 Å². The lowest BCUT2D eigenvalue weighted by molar-refractivity contribution is 0.689. The van der Waals surface area contributed by atoms with E-state index in [4.69, 9.17) is 5.73 Å². The van der Waals surface area contributed by atoms with Crippen molar-refractivity contribution in [1.29, 1.82) is 0 Å². The standard InChI is InChI=1S/C12H20N2/c1-4-10-5-6-12(11(13)7-10)14-8-9(2)3/h5-7,9,14H,4,8,13H2,1-3H3. The Morgan fingerprint density at radius 2 is 2.07 bits per heavy atom. The van der Waals surface area contributed by atoms with Crippen LogP contribution in [-0.4, -0.2) is 6.54 Å². The van der Waals surface area contributed by atoms with Gasteiger partial charge in [-0.05, 0) is 30.0 Å². The van der Waals surface area contributed by atoms with E-state index in [1.165, 1.54) is 5.56 Å². The average Bonchev–Trinajstić information content (AvgIpc) is 2.15. The van der Waals surface area contributed by atoms with E-state index in [2.05, 4.69) is 38.2 Å². The van der Waals surface area contributed by atoms with Gasteiger partial charge in [-0.15, -0.1) is 0 Å². The quantitative estimate of drug-likeness (QED) is 0.720. The molecule has 0 radical (unpaired) electrons. The topological polar surface area (TPSA) is 38.0 Å². The molecule has 0 aliphatic heterocycles. The summed E-state index contributed by atoms with van der Waals surface area (Å²) in [5.41, 5.74) is 9.11. The van der Waals surface area contributed by atoms with Gasteiger partial charge in [-0.2, -0.15) is 0 Å². The number of hydrogen-bond donors (Lipinski definition) is 2. The first-order valence-corrected chi connectivity index (χ1v) is 5.25. The molecule has 0 heterocycles. The first-order chi connectivity index (χ1) is 6.63. The Balaban J connectivity index is 2.69. The molecular weight excluding hydrogens is 172 g/mol. The molecule has 0 aliphatic carbocycles. The van der Waals surface area contributed by atoms with Gasteiger partial charge in [0, 0.05) is 6.54 Å². The fourth-order valence-electron chi connectivity index (χ4n) is 1.31. The van der Waals surface area contributed by atoms with Gasteiger partial charge in [-0.1, -0.05) is 26.8 Å². The average molecular weight is 192 g/mol. The zero-order valence-electron chi connectivity index (χ0n) is 9.30. The second-order valence-corrected chi connectivity index (χ2v) is 4.05. The van der Waals surface area contributed by atoms with Gasteiger partial charge in [0.15, 0.2) is 0 Å². The molecule has 0 bridgehead atoms. The molecule has 0 saturated heterocycles. The Kier molecular flexibility index (Phi) is 3.81. The fourth-order valence-corrected chi connectivity index (χ4v) is 1.31. The summed E-state index contributed by atoms with van der Waals surface area (Å²) in [6.45, 7) is 7.47. The van der Waals surface area contributed by atoms with Crippen molar-refractivity contribution in [3.05, 3.63) is 23.8 Å². The molecule has 2 heteroatoms. The van der Waals surface area contributed by atoms with E-state index in [0.717, 1.165) is 24.3 Å². The van der Waals surface area contributed by atoms with Gasteiger partial charge in [0.1, 0.15) is 0 Å². The van der Waals surface area contributed by atoms with Gasteiger partial charge >= 0.3 is 0 Å². The Hall–Kier alpha value is -1.18. The summed E-state index contributed by atoms with van der Waals surface area (Å²) in [6, 6.07) is 6.23. The van der Waals surface area contributed by atoms with Crippen molar-refractivity contribution in [3.8, 4) is 0 Å². The molecule has 0 atom stereocenters. The van der Waals surface area contributed by atoms with E-state index in [9.17, 15) is 0 Å². The maximum atomic E-state index is 5.92. The van der Waals surface area contributed by atoms with Crippen LogP contribution in [-0.2, 0) is 6.42 Å². The summed E-state index contributed by atoms with van der Waals surface area (Å²) in [7, 11) is 0. The monoisotopic (exact) mass is 192 g/mol. The zero-order chi connectivity index (χ0) is 10.6. The van der Waals surface area contributed by atoms with Crippen LogP contribution in [0.15, 0.2) is 18.2 Å². The molecule has 0 aliphatic rings. The van der Waals surface area contributed by atoms with Crippen molar-refractivity contribution in [2.75, 3.05) is 17.6 Å². The Bertz CT molecular complexity index is 292. The summed E-state index contributed by atoms with van der Waals surface area (Å²) >= 11 is 0. The normalized spacial score (nSPS) is 10.6. The summed E-state index contributed by atoms with van der Waals surface area (Å²) in [6.07, 6.45) is 1.04. The number of hydrogen-bond acceptors (Lipinski definition) is 2. The van der Waals surface area contributed by atoms with Crippen molar-refractivity contribution < 1.29 is 0 Å². The lowest BCUT2D eigenvalue weighted by atomic mass is 10.1. The molecule has 14 heavy (non-hydrogen) atoms. The maximum Gasteiger partial charge on any atom is 0.0574 e. The third kappa shape index (κ3) is 2.95. The first-order valence-electron chi connectivity index (χ1n) is 5.25. The minimum absolute atomic E-state index is 0.639. The van der Waals surface area contributed by atoms with E-state index in [1.54, 1.807) is 0 Å². The zero-order valence-corrected chi connectivity index (χ0v) is 9.30. The first kappa shape index (κ1) is 10.9. The number of anilines is 2. The highest BCUT2D eigenvalue weighted by molar-refractivity contribution is 5.66. The second-order valence-electron chi connectivity index (χ2n) is 4.05. The van der Waals surface area contributed by atoms with Crippen LogP contribution in [0.3, 0.4) is 0 Å². The lowest BCUT2D eigenvalue weighted by Crippen LogP contribution is -2.09. The molecule has 3 N–H and O–H groups in total. The van der Waals surface area contributed by atoms with Crippen LogP contribution in [0.2, 0.25) is 0 Å². The van der Waals surface area contributed by atoms with E-state index in [1.807, 2.05) is 6.07 Å². The van der Waals surface area contributed by atoms with E-state index >= 15 is 0 Å². The van der Waals surface area contributed by atoms with Crippen LogP contribution < -0.4 is 11.1 Å². The number of nitrogen functional groups attached to an aromatic ring is 1. The largest absolute Gasteiger partial charge is 0.397 e. The molecule has 0 fully saturated rings. The van der Waals surface area contributed by atoms with Gasteiger partial charge < -0.3 is 11.1 Å².